The van der Waals surface area contributed by atoms with Gasteiger partial charge in [0.2, 0.25) is 11.8 Å². The molecule has 6 atom stereocenters. The molecule has 5 rings (SSSR count). The Morgan fingerprint density at radius 2 is 1.77 bits per heavy atom. The number of hydrogen-bond acceptors (Lipinski definition) is 11. The second-order valence-corrected chi connectivity index (χ2v) is 11.9. The van der Waals surface area contributed by atoms with Gasteiger partial charge in [0, 0.05) is 49.9 Å². The molecule has 5 N–H and O–H groups in total. The molecule has 2 saturated carbocycles. The Morgan fingerprint density at radius 3 is 2.30 bits per heavy atom. The molecule has 2 unspecified atom stereocenters. The van der Waals surface area contributed by atoms with Gasteiger partial charge in [0.15, 0.2) is 34.7 Å². The van der Waals surface area contributed by atoms with Crippen molar-refractivity contribution in [2.45, 2.75) is 31.4 Å². The third kappa shape index (κ3) is 4.41. The number of hydrogen-bond donors (Lipinski definition) is 4. The number of rotatable bonds is 5. The lowest BCUT2D eigenvalue weighted by molar-refractivity contribution is -0.181. The Kier molecular flexibility index (Phi) is 7.22. The maximum absolute atomic E-state index is 14.2. The third-order valence-electron chi connectivity index (χ3n) is 8.90. The smallest absolute Gasteiger partial charge is 0.235 e. The predicted octanol–water partition coefficient (Wildman–Crippen LogP) is -0.0466. The van der Waals surface area contributed by atoms with Crippen molar-refractivity contribution in [1.29, 1.82) is 0 Å². The van der Waals surface area contributed by atoms with E-state index in [0.29, 0.717) is 16.8 Å². The number of anilines is 2. The van der Waals surface area contributed by atoms with Crippen LogP contribution in [0.15, 0.2) is 24.4 Å². The van der Waals surface area contributed by atoms with Gasteiger partial charge in [-0.2, -0.15) is 0 Å². The number of carbonyl (C=O) groups is 6. The van der Waals surface area contributed by atoms with Crippen molar-refractivity contribution in [3.05, 3.63) is 35.5 Å². The Bertz CT molecular complexity index is 1600. The number of Topliss-reactive ketones (excluding diaryl/α,β-unsaturated/α-hetero) is 4. The van der Waals surface area contributed by atoms with Gasteiger partial charge in [-0.15, -0.1) is 0 Å². The second-order valence-electron chi connectivity index (χ2n) is 11.9. The summed E-state index contributed by atoms with van der Waals surface area (Å²) in [6.45, 7) is 1.34. The zero-order valence-corrected chi connectivity index (χ0v) is 24.4. The minimum absolute atomic E-state index is 0.0339. The van der Waals surface area contributed by atoms with Gasteiger partial charge < -0.3 is 26.2 Å². The van der Waals surface area contributed by atoms with Crippen molar-refractivity contribution in [2.75, 3.05) is 38.4 Å². The molecule has 13 nitrogen and oxygen atoms in total. The lowest BCUT2D eigenvalue weighted by Crippen LogP contribution is -2.74. The highest BCUT2D eigenvalue weighted by Gasteiger charge is 2.69. The van der Waals surface area contributed by atoms with E-state index in [1.807, 2.05) is 0 Å². The first kappa shape index (κ1) is 30.0. The van der Waals surface area contributed by atoms with Gasteiger partial charge in [0.1, 0.15) is 11.6 Å². The summed E-state index contributed by atoms with van der Waals surface area (Å²) >= 11 is 0. The summed E-state index contributed by atoms with van der Waals surface area (Å²) < 4.78 is 0. The van der Waals surface area contributed by atoms with Crippen LogP contribution in [0.2, 0.25) is 0 Å². The highest BCUT2D eigenvalue weighted by Crippen LogP contribution is 2.53. The fourth-order valence-electron chi connectivity index (χ4n) is 7.08. The molecule has 0 bridgehead atoms. The number of aromatic hydroxyl groups is 1. The van der Waals surface area contributed by atoms with Crippen LogP contribution in [0.5, 0.6) is 5.75 Å². The number of primary amides is 1. The molecule has 2 amide bonds. The van der Waals surface area contributed by atoms with Gasteiger partial charge >= 0.3 is 0 Å². The molecule has 0 saturated heterocycles. The molecule has 0 spiro atoms. The highest BCUT2D eigenvalue weighted by molar-refractivity contribution is 6.32. The number of nitrogens with two attached hydrogens (primary N) is 1. The summed E-state index contributed by atoms with van der Waals surface area (Å²) in [4.78, 5) is 86.0. The topological polar surface area (TPSA) is 200 Å². The molecule has 13 heteroatoms. The molecular weight excluding hydrogens is 558 g/mol. The van der Waals surface area contributed by atoms with E-state index in [1.54, 1.807) is 31.1 Å². The Labute approximate surface area is 247 Å². The van der Waals surface area contributed by atoms with Gasteiger partial charge in [-0.05, 0) is 56.6 Å². The van der Waals surface area contributed by atoms with E-state index in [-0.39, 0.29) is 35.7 Å². The van der Waals surface area contributed by atoms with E-state index in [4.69, 9.17) is 5.73 Å². The number of aromatic nitrogens is 1. The van der Waals surface area contributed by atoms with E-state index in [9.17, 15) is 39.0 Å². The standard InChI is InChI=1S/C30H33N5O8/c1-12(36)33-19-7-6-13(11-32-19)15-10-18(34(2)3)16-8-14-9-17-23(35(4)5)26(39)22(29(31)42)28(41)30(17,43)27(40)20(14)25(38)21(16)24(15)37/h6-7,10-11,14,17,20,22-23,37,43H,8-9H2,1-5H3,(H2,31,42)(H,32,33,36)/t14-,17-,20?,22?,23-,30-/m0/s1. The SMILES string of the molecule is CC(=O)Nc1ccc(-c2cc(N(C)C)c3c(c2O)C(=O)C2C(=O)[C@]4(O)C(=O)C(C(N)=O)C(=O)[C@@H](N(C)C)[C@@H]4C[C@@H]2C3)cn1. The minimum Gasteiger partial charge on any atom is -0.507 e. The van der Waals surface area contributed by atoms with E-state index in [0.717, 1.165) is 0 Å². The molecule has 2 fully saturated rings. The highest BCUT2D eigenvalue weighted by atomic mass is 16.3. The Balaban J connectivity index is 1.65. The first-order valence-corrected chi connectivity index (χ1v) is 13.8. The monoisotopic (exact) mass is 591 g/mol. The third-order valence-corrected chi connectivity index (χ3v) is 8.90. The number of aliphatic hydroxyl groups is 1. The van der Waals surface area contributed by atoms with Gasteiger partial charge in [0.25, 0.3) is 0 Å². The van der Waals surface area contributed by atoms with Crippen LogP contribution in [0, 0.1) is 23.7 Å². The quantitative estimate of drug-likeness (QED) is 0.340. The van der Waals surface area contributed by atoms with Crippen LogP contribution in [-0.2, 0) is 30.4 Å². The van der Waals surface area contributed by atoms with Crippen molar-refractivity contribution < 1.29 is 39.0 Å². The summed E-state index contributed by atoms with van der Waals surface area (Å²) in [5.74, 6) is -11.1. The number of likely N-dealkylation sites (N-methyl/N-ethyl adjacent to an activating group) is 1. The first-order valence-electron chi connectivity index (χ1n) is 13.8. The number of ketones is 4. The normalized spacial score (nSPS) is 28.2. The fraction of sp³-hybridized carbons (Fsp3) is 0.433. The number of nitrogens with one attached hydrogen (secondary N) is 1. The molecule has 0 aliphatic heterocycles. The largest absolute Gasteiger partial charge is 0.507 e. The maximum Gasteiger partial charge on any atom is 0.235 e. The Morgan fingerprint density at radius 1 is 1.09 bits per heavy atom. The van der Waals surface area contributed by atoms with Crippen LogP contribution < -0.4 is 16.0 Å². The van der Waals surface area contributed by atoms with Crippen LogP contribution in [0.3, 0.4) is 0 Å². The number of pyridine rings is 1. The molecule has 1 aromatic carbocycles. The van der Waals surface area contributed by atoms with E-state index < -0.39 is 70.1 Å². The van der Waals surface area contributed by atoms with Gasteiger partial charge in [-0.1, -0.05) is 0 Å². The summed E-state index contributed by atoms with van der Waals surface area (Å²) in [5, 5.41) is 25.8. The van der Waals surface area contributed by atoms with Crippen molar-refractivity contribution in [2.24, 2.45) is 29.4 Å². The second kappa shape index (κ2) is 10.3. The predicted molar refractivity (Wildman–Crippen MR) is 153 cm³/mol. The summed E-state index contributed by atoms with van der Waals surface area (Å²) in [7, 11) is 6.60. The Hall–Kier alpha value is -4.49. The van der Waals surface area contributed by atoms with Crippen molar-refractivity contribution in [3.63, 3.8) is 0 Å². The first-order chi connectivity index (χ1) is 20.1. The minimum atomic E-state index is -2.79. The van der Waals surface area contributed by atoms with Crippen LogP contribution in [0.25, 0.3) is 11.1 Å². The van der Waals surface area contributed by atoms with Crippen LogP contribution >= 0.6 is 0 Å². The average Bonchev–Trinajstić information content (AvgIpc) is 2.90. The molecule has 43 heavy (non-hydrogen) atoms. The molecule has 3 aliphatic carbocycles. The van der Waals surface area contributed by atoms with Crippen molar-refractivity contribution in [1.82, 2.24) is 9.88 Å². The van der Waals surface area contributed by atoms with Gasteiger partial charge in [0.05, 0.1) is 17.5 Å². The number of amides is 2. The lowest BCUT2D eigenvalue weighted by atomic mass is 9.52. The number of benzene rings is 1. The lowest BCUT2D eigenvalue weighted by Gasteiger charge is -2.52. The van der Waals surface area contributed by atoms with Gasteiger partial charge in [-0.25, -0.2) is 4.98 Å². The fourth-order valence-corrected chi connectivity index (χ4v) is 7.08. The van der Waals surface area contributed by atoms with Gasteiger partial charge in [-0.3, -0.25) is 33.7 Å². The number of phenols is 1. The van der Waals surface area contributed by atoms with Crippen LogP contribution in [0.4, 0.5) is 11.5 Å². The van der Waals surface area contributed by atoms with E-state index in [2.05, 4.69) is 10.3 Å². The zero-order chi connectivity index (χ0) is 31.7. The number of phenolic OH excluding ortho intramolecular Hbond substituents is 1. The van der Waals surface area contributed by atoms with E-state index in [1.165, 1.54) is 38.2 Å². The maximum atomic E-state index is 14.2. The molecule has 1 aromatic heterocycles. The molecule has 226 valence electrons. The number of nitrogens with zero attached hydrogens (tertiary/aromatic N) is 3. The summed E-state index contributed by atoms with van der Waals surface area (Å²) in [5.41, 5.74) is 4.24. The molecule has 1 heterocycles. The molecular formula is C30H33N5O8. The molecule has 0 radical (unpaired) electrons. The number of fused-ring (bicyclic) bond motifs is 3. The molecule has 2 aromatic rings. The van der Waals surface area contributed by atoms with Crippen LogP contribution in [-0.4, -0.2) is 94.9 Å². The van der Waals surface area contributed by atoms with Crippen molar-refractivity contribution >= 4 is 46.5 Å². The van der Waals surface area contributed by atoms with E-state index >= 15 is 0 Å². The molecule has 3 aliphatic rings. The number of carbonyl (C=O) groups excluding carboxylic acids is 6. The van der Waals surface area contributed by atoms with Crippen molar-refractivity contribution in [3.8, 4) is 16.9 Å². The van der Waals surface area contributed by atoms with Crippen LogP contribution in [0.1, 0.15) is 29.3 Å². The average molecular weight is 592 g/mol. The summed E-state index contributed by atoms with van der Waals surface area (Å²) in [6, 6.07) is 3.68. The zero-order valence-electron chi connectivity index (χ0n) is 24.4. The summed E-state index contributed by atoms with van der Waals surface area (Å²) in [6.07, 6.45) is 1.53.